The van der Waals surface area contributed by atoms with Gasteiger partial charge in [0.25, 0.3) is 0 Å². The van der Waals surface area contributed by atoms with E-state index in [-0.39, 0.29) is 0 Å². The number of aliphatic hydroxyl groups is 1. The highest BCUT2D eigenvalue weighted by Gasteiger charge is 2.18. The van der Waals surface area contributed by atoms with E-state index in [1.807, 2.05) is 19.1 Å². The molecule has 2 heterocycles. The maximum Gasteiger partial charge on any atom is 0.118 e. The lowest BCUT2D eigenvalue weighted by Crippen LogP contribution is -2.34. The van der Waals surface area contributed by atoms with Crippen LogP contribution >= 0.6 is 0 Å². The zero-order valence-electron chi connectivity index (χ0n) is 9.28. The van der Waals surface area contributed by atoms with Crippen LogP contribution in [0.5, 0.6) is 0 Å². The summed E-state index contributed by atoms with van der Waals surface area (Å²) in [6.07, 6.45) is 2.21. The molecule has 3 nitrogen and oxygen atoms in total. The molecular weight excluding hydrogens is 190 g/mol. The summed E-state index contributed by atoms with van der Waals surface area (Å²) >= 11 is 0. The summed E-state index contributed by atoms with van der Waals surface area (Å²) in [6.45, 7) is 5.37. The normalized spacial score (nSPS) is 19.6. The molecule has 0 unspecified atom stereocenters. The summed E-state index contributed by atoms with van der Waals surface area (Å²) in [6, 6.07) is 4.06. The van der Waals surface area contributed by atoms with Crippen molar-refractivity contribution in [2.45, 2.75) is 26.3 Å². The first-order chi connectivity index (χ1) is 7.28. The van der Waals surface area contributed by atoms with Gasteiger partial charge in [-0.1, -0.05) is 0 Å². The van der Waals surface area contributed by atoms with Crippen LogP contribution in [-0.2, 0) is 6.54 Å². The number of hydrogen-bond acceptors (Lipinski definition) is 3. The number of piperidine rings is 1. The minimum atomic E-state index is 0.341. The Morgan fingerprint density at radius 1 is 1.40 bits per heavy atom. The summed E-state index contributed by atoms with van der Waals surface area (Å²) in [5.74, 6) is 2.55. The average Bonchev–Trinajstić information content (AvgIpc) is 2.65. The predicted molar refractivity (Wildman–Crippen MR) is 58.5 cm³/mol. The van der Waals surface area contributed by atoms with Crippen LogP contribution in [-0.4, -0.2) is 29.7 Å². The Morgan fingerprint density at radius 2 is 2.13 bits per heavy atom. The van der Waals surface area contributed by atoms with Crippen molar-refractivity contribution in [2.24, 2.45) is 5.92 Å². The first-order valence-electron chi connectivity index (χ1n) is 5.66. The first-order valence-corrected chi connectivity index (χ1v) is 5.66. The Balaban J connectivity index is 1.82. The third-order valence-corrected chi connectivity index (χ3v) is 3.14. The standard InChI is InChI=1S/C12H19NO2/c1-10-2-3-12(15-10)8-13-6-4-11(9-14)5-7-13/h2-3,11,14H,4-9H2,1H3. The molecule has 1 aromatic heterocycles. The molecule has 2 rings (SSSR count). The predicted octanol–water partition coefficient (Wildman–Crippen LogP) is 1.79. The smallest absolute Gasteiger partial charge is 0.118 e. The van der Waals surface area contributed by atoms with Crippen molar-refractivity contribution in [3.63, 3.8) is 0 Å². The molecule has 0 aromatic carbocycles. The zero-order valence-corrected chi connectivity index (χ0v) is 9.28. The van der Waals surface area contributed by atoms with E-state index < -0.39 is 0 Å². The van der Waals surface area contributed by atoms with Gasteiger partial charge in [-0.3, -0.25) is 4.90 Å². The van der Waals surface area contributed by atoms with Gasteiger partial charge in [0.05, 0.1) is 6.54 Å². The highest BCUT2D eigenvalue weighted by molar-refractivity contribution is 5.05. The van der Waals surface area contributed by atoms with Crippen molar-refractivity contribution >= 4 is 0 Å². The van der Waals surface area contributed by atoms with Gasteiger partial charge in [-0.15, -0.1) is 0 Å². The van der Waals surface area contributed by atoms with Crippen molar-refractivity contribution in [3.8, 4) is 0 Å². The Labute approximate surface area is 90.7 Å². The Bertz CT molecular complexity index is 300. The van der Waals surface area contributed by atoms with Gasteiger partial charge in [0.2, 0.25) is 0 Å². The monoisotopic (exact) mass is 209 g/mol. The van der Waals surface area contributed by atoms with Crippen LogP contribution < -0.4 is 0 Å². The maximum atomic E-state index is 9.03. The van der Waals surface area contributed by atoms with Gasteiger partial charge in [0, 0.05) is 6.61 Å². The zero-order chi connectivity index (χ0) is 10.7. The Hall–Kier alpha value is -0.800. The van der Waals surface area contributed by atoms with E-state index >= 15 is 0 Å². The molecule has 0 radical (unpaired) electrons. The van der Waals surface area contributed by atoms with Gasteiger partial charge in [0.1, 0.15) is 11.5 Å². The number of likely N-dealkylation sites (tertiary alicyclic amines) is 1. The van der Waals surface area contributed by atoms with Crippen LogP contribution in [0.3, 0.4) is 0 Å². The largest absolute Gasteiger partial charge is 0.465 e. The molecule has 1 aliphatic rings. The van der Waals surface area contributed by atoms with E-state index in [9.17, 15) is 0 Å². The van der Waals surface area contributed by atoms with Gasteiger partial charge < -0.3 is 9.52 Å². The van der Waals surface area contributed by atoms with E-state index in [0.717, 1.165) is 44.0 Å². The summed E-state index contributed by atoms with van der Waals surface area (Å²) in [5, 5.41) is 9.03. The molecule has 1 N–H and O–H groups in total. The topological polar surface area (TPSA) is 36.6 Å². The van der Waals surface area contributed by atoms with Crippen LogP contribution in [0.1, 0.15) is 24.4 Å². The van der Waals surface area contributed by atoms with Gasteiger partial charge in [-0.25, -0.2) is 0 Å². The van der Waals surface area contributed by atoms with Gasteiger partial charge >= 0.3 is 0 Å². The highest BCUT2D eigenvalue weighted by Crippen LogP contribution is 2.19. The number of aliphatic hydroxyl groups excluding tert-OH is 1. The van der Waals surface area contributed by atoms with Crippen molar-refractivity contribution in [1.82, 2.24) is 4.90 Å². The van der Waals surface area contributed by atoms with Crippen molar-refractivity contribution in [2.75, 3.05) is 19.7 Å². The van der Waals surface area contributed by atoms with E-state index in [4.69, 9.17) is 9.52 Å². The quantitative estimate of drug-likeness (QED) is 0.824. The maximum absolute atomic E-state index is 9.03. The lowest BCUT2D eigenvalue weighted by molar-refractivity contribution is 0.122. The number of aryl methyl sites for hydroxylation is 1. The second-order valence-electron chi connectivity index (χ2n) is 4.41. The van der Waals surface area contributed by atoms with Crippen LogP contribution in [0.25, 0.3) is 0 Å². The fourth-order valence-electron chi connectivity index (χ4n) is 2.12. The lowest BCUT2D eigenvalue weighted by atomic mass is 9.98. The molecule has 0 atom stereocenters. The SMILES string of the molecule is Cc1ccc(CN2CCC(CO)CC2)o1. The summed E-state index contributed by atoms with van der Waals surface area (Å²) < 4.78 is 5.55. The molecule has 0 bridgehead atoms. The minimum Gasteiger partial charge on any atom is -0.465 e. The first kappa shape index (κ1) is 10.7. The molecule has 1 saturated heterocycles. The Kier molecular flexibility index (Phi) is 3.44. The van der Waals surface area contributed by atoms with Crippen LogP contribution in [0.2, 0.25) is 0 Å². The number of rotatable bonds is 3. The van der Waals surface area contributed by atoms with Crippen LogP contribution in [0.15, 0.2) is 16.5 Å². The molecule has 15 heavy (non-hydrogen) atoms. The number of hydrogen-bond donors (Lipinski definition) is 1. The summed E-state index contributed by atoms with van der Waals surface area (Å²) in [5.41, 5.74) is 0. The molecule has 84 valence electrons. The Morgan fingerprint density at radius 3 is 2.67 bits per heavy atom. The van der Waals surface area contributed by atoms with Gasteiger partial charge in [-0.05, 0) is 50.9 Å². The molecular formula is C12H19NO2. The van der Waals surface area contributed by atoms with Crippen LogP contribution in [0.4, 0.5) is 0 Å². The lowest BCUT2D eigenvalue weighted by Gasteiger charge is -2.30. The molecule has 1 aliphatic heterocycles. The fourth-order valence-corrected chi connectivity index (χ4v) is 2.12. The van der Waals surface area contributed by atoms with E-state index in [1.165, 1.54) is 0 Å². The molecule has 1 aromatic rings. The molecule has 0 aliphatic carbocycles. The van der Waals surface area contributed by atoms with Gasteiger partial charge in [-0.2, -0.15) is 0 Å². The second-order valence-corrected chi connectivity index (χ2v) is 4.41. The van der Waals surface area contributed by atoms with E-state index in [1.54, 1.807) is 0 Å². The third-order valence-electron chi connectivity index (χ3n) is 3.14. The highest BCUT2D eigenvalue weighted by atomic mass is 16.3. The van der Waals surface area contributed by atoms with Crippen molar-refractivity contribution in [1.29, 1.82) is 0 Å². The van der Waals surface area contributed by atoms with Crippen molar-refractivity contribution in [3.05, 3.63) is 23.7 Å². The summed E-state index contributed by atoms with van der Waals surface area (Å²) in [4.78, 5) is 2.39. The van der Waals surface area contributed by atoms with Crippen molar-refractivity contribution < 1.29 is 9.52 Å². The minimum absolute atomic E-state index is 0.341. The molecule has 0 saturated carbocycles. The molecule has 1 fully saturated rings. The fraction of sp³-hybridized carbons (Fsp3) is 0.667. The third kappa shape index (κ3) is 2.83. The molecule has 3 heteroatoms. The molecule has 0 amide bonds. The molecule has 0 spiro atoms. The number of nitrogens with zero attached hydrogens (tertiary/aromatic N) is 1. The van der Waals surface area contributed by atoms with Crippen LogP contribution in [0, 0.1) is 12.8 Å². The van der Waals surface area contributed by atoms with Gasteiger partial charge in [0.15, 0.2) is 0 Å². The second kappa shape index (κ2) is 4.81. The summed E-state index contributed by atoms with van der Waals surface area (Å²) in [7, 11) is 0. The van der Waals surface area contributed by atoms with E-state index in [0.29, 0.717) is 12.5 Å². The number of furan rings is 1. The van der Waals surface area contributed by atoms with E-state index in [2.05, 4.69) is 4.90 Å². The average molecular weight is 209 g/mol.